The van der Waals surface area contributed by atoms with E-state index in [0.29, 0.717) is 5.11 Å². The quantitative estimate of drug-likeness (QED) is 0.517. The highest BCUT2D eigenvalue weighted by Crippen LogP contribution is 2.18. The average molecular weight is 287 g/mol. The van der Waals surface area contributed by atoms with Gasteiger partial charge in [0.05, 0.1) is 12.4 Å². The molecule has 6 heteroatoms. The number of hydrazone groups is 1. The van der Waals surface area contributed by atoms with Crippen LogP contribution in [-0.4, -0.2) is 21.1 Å². The molecule has 0 atom stereocenters. The van der Waals surface area contributed by atoms with Crippen LogP contribution >= 0.6 is 12.2 Å². The van der Waals surface area contributed by atoms with Crippen LogP contribution in [0.3, 0.4) is 0 Å². The highest BCUT2D eigenvalue weighted by Gasteiger charge is 2.03. The minimum atomic E-state index is 0.461. The summed E-state index contributed by atoms with van der Waals surface area (Å²) in [6.45, 7) is 4.08. The third kappa shape index (κ3) is 3.64. The molecule has 0 aliphatic carbocycles. The molecule has 0 aliphatic heterocycles. The summed E-state index contributed by atoms with van der Waals surface area (Å²) in [7, 11) is 1.86. The van der Waals surface area contributed by atoms with Crippen molar-refractivity contribution < 1.29 is 0 Å². The van der Waals surface area contributed by atoms with Crippen LogP contribution in [-0.2, 0) is 7.05 Å². The molecule has 0 fully saturated rings. The zero-order valence-electron chi connectivity index (χ0n) is 11.7. The maximum absolute atomic E-state index is 5.22. The van der Waals surface area contributed by atoms with Crippen molar-refractivity contribution in [2.45, 2.75) is 13.8 Å². The van der Waals surface area contributed by atoms with E-state index in [-0.39, 0.29) is 0 Å². The number of hydrogen-bond acceptors (Lipinski definition) is 3. The third-order valence-electron chi connectivity index (χ3n) is 2.82. The molecule has 5 nitrogen and oxygen atoms in total. The minimum absolute atomic E-state index is 0.461. The Morgan fingerprint density at radius 3 is 2.65 bits per heavy atom. The molecule has 0 saturated heterocycles. The third-order valence-corrected chi connectivity index (χ3v) is 3.02. The second-order valence-corrected chi connectivity index (χ2v) is 4.95. The number of anilines is 1. The van der Waals surface area contributed by atoms with Gasteiger partial charge in [0.25, 0.3) is 0 Å². The summed E-state index contributed by atoms with van der Waals surface area (Å²) in [5.41, 5.74) is 7.01. The van der Waals surface area contributed by atoms with Gasteiger partial charge in [0.2, 0.25) is 0 Å². The number of aromatic nitrogens is 2. The molecule has 0 amide bonds. The molecule has 2 N–H and O–H groups in total. The van der Waals surface area contributed by atoms with Crippen molar-refractivity contribution in [1.82, 2.24) is 15.2 Å². The van der Waals surface area contributed by atoms with Crippen LogP contribution in [0, 0.1) is 13.8 Å². The van der Waals surface area contributed by atoms with Gasteiger partial charge in [-0.3, -0.25) is 10.1 Å². The van der Waals surface area contributed by atoms with Crippen LogP contribution in [0.4, 0.5) is 5.69 Å². The zero-order chi connectivity index (χ0) is 14.5. The Bertz CT molecular complexity index is 625. The van der Waals surface area contributed by atoms with Crippen molar-refractivity contribution >= 4 is 29.2 Å². The predicted octanol–water partition coefficient (Wildman–Crippen LogP) is 2.36. The lowest BCUT2D eigenvalue weighted by Gasteiger charge is -2.12. The van der Waals surface area contributed by atoms with Gasteiger partial charge in [0.1, 0.15) is 0 Å². The molecular weight excluding hydrogens is 270 g/mol. The number of benzene rings is 1. The van der Waals surface area contributed by atoms with Crippen molar-refractivity contribution in [1.29, 1.82) is 0 Å². The van der Waals surface area contributed by atoms with E-state index in [4.69, 9.17) is 12.2 Å². The van der Waals surface area contributed by atoms with Crippen molar-refractivity contribution in [2.24, 2.45) is 12.1 Å². The molecule has 1 heterocycles. The summed E-state index contributed by atoms with van der Waals surface area (Å²) in [6, 6.07) is 6.10. The Kier molecular flexibility index (Phi) is 4.47. The Morgan fingerprint density at radius 2 is 2.05 bits per heavy atom. The van der Waals surface area contributed by atoms with Gasteiger partial charge in [-0.15, -0.1) is 0 Å². The lowest BCUT2D eigenvalue weighted by atomic mass is 10.1. The van der Waals surface area contributed by atoms with E-state index in [1.807, 2.05) is 45.3 Å². The van der Waals surface area contributed by atoms with E-state index >= 15 is 0 Å². The summed E-state index contributed by atoms with van der Waals surface area (Å²) in [5.74, 6) is 0. The molecule has 1 aromatic heterocycles. The van der Waals surface area contributed by atoms with Crippen LogP contribution in [0.1, 0.15) is 16.7 Å². The van der Waals surface area contributed by atoms with Crippen molar-refractivity contribution in [3.63, 3.8) is 0 Å². The molecule has 0 aliphatic rings. The lowest BCUT2D eigenvalue weighted by Crippen LogP contribution is -2.24. The topological polar surface area (TPSA) is 54.2 Å². The van der Waals surface area contributed by atoms with Gasteiger partial charge in [-0.25, -0.2) is 0 Å². The maximum Gasteiger partial charge on any atom is 0.191 e. The second-order valence-electron chi connectivity index (χ2n) is 4.54. The SMILES string of the molecule is Cc1cccc(C)c1NC(=S)N/N=C/c1cnn(C)c1. The number of nitrogens with zero attached hydrogens (tertiary/aromatic N) is 3. The van der Waals surface area contributed by atoms with Crippen molar-refractivity contribution in [2.75, 3.05) is 5.32 Å². The van der Waals surface area contributed by atoms with Gasteiger partial charge in [-0.2, -0.15) is 10.2 Å². The molecule has 0 bridgehead atoms. The van der Waals surface area contributed by atoms with Gasteiger partial charge in [0.15, 0.2) is 5.11 Å². The smallest absolute Gasteiger partial charge is 0.191 e. The number of nitrogens with one attached hydrogen (secondary N) is 2. The van der Waals surface area contributed by atoms with Gasteiger partial charge in [-0.1, -0.05) is 18.2 Å². The fourth-order valence-corrected chi connectivity index (χ4v) is 1.98. The molecule has 0 radical (unpaired) electrons. The highest BCUT2D eigenvalue weighted by atomic mass is 32.1. The molecule has 2 rings (SSSR count). The van der Waals surface area contributed by atoms with Crippen molar-refractivity contribution in [3.8, 4) is 0 Å². The Labute approximate surface area is 123 Å². The first-order valence-corrected chi connectivity index (χ1v) is 6.62. The van der Waals surface area contributed by atoms with Crippen LogP contribution in [0.2, 0.25) is 0 Å². The number of rotatable bonds is 3. The highest BCUT2D eigenvalue weighted by molar-refractivity contribution is 7.80. The first kappa shape index (κ1) is 14.2. The molecular formula is C14H17N5S. The zero-order valence-corrected chi connectivity index (χ0v) is 12.5. The molecule has 0 unspecified atom stereocenters. The maximum atomic E-state index is 5.22. The van der Waals surface area contributed by atoms with Gasteiger partial charge < -0.3 is 5.32 Å². The molecule has 104 valence electrons. The first-order valence-electron chi connectivity index (χ1n) is 6.21. The van der Waals surface area contributed by atoms with E-state index in [2.05, 4.69) is 20.9 Å². The number of thiocarbonyl (C=S) groups is 1. The summed E-state index contributed by atoms with van der Waals surface area (Å²) in [4.78, 5) is 0. The van der Waals surface area contributed by atoms with Gasteiger partial charge in [-0.05, 0) is 37.2 Å². The van der Waals surface area contributed by atoms with Crippen LogP contribution in [0.25, 0.3) is 0 Å². The van der Waals surface area contributed by atoms with Crippen LogP contribution < -0.4 is 10.7 Å². The Hall–Kier alpha value is -2.21. The monoisotopic (exact) mass is 287 g/mol. The summed E-state index contributed by atoms with van der Waals surface area (Å²) >= 11 is 5.22. The number of aryl methyl sites for hydroxylation is 3. The minimum Gasteiger partial charge on any atom is -0.331 e. The Balaban J connectivity index is 1.94. The number of para-hydroxylation sites is 1. The first-order chi connectivity index (χ1) is 9.56. The van der Waals surface area contributed by atoms with Gasteiger partial charge in [0, 0.05) is 24.5 Å². The van der Waals surface area contributed by atoms with Gasteiger partial charge >= 0.3 is 0 Å². The molecule has 1 aromatic carbocycles. The van der Waals surface area contributed by atoms with Crippen LogP contribution in [0.15, 0.2) is 35.7 Å². The van der Waals surface area contributed by atoms with E-state index in [1.165, 1.54) is 0 Å². The standard InChI is InChI=1S/C14H17N5S/c1-10-5-4-6-11(2)13(10)17-14(20)18-15-7-12-8-16-19(3)9-12/h4-9H,1-3H3,(H2,17,18,20)/b15-7+. The summed E-state index contributed by atoms with van der Waals surface area (Å²) in [5, 5.41) is 11.7. The summed E-state index contributed by atoms with van der Waals surface area (Å²) < 4.78 is 1.72. The normalized spacial score (nSPS) is 10.8. The van der Waals surface area contributed by atoms with E-state index in [1.54, 1.807) is 17.1 Å². The number of hydrogen-bond donors (Lipinski definition) is 2. The largest absolute Gasteiger partial charge is 0.331 e. The lowest BCUT2D eigenvalue weighted by molar-refractivity contribution is 0.767. The summed E-state index contributed by atoms with van der Waals surface area (Å²) in [6.07, 6.45) is 5.27. The molecule has 0 saturated carbocycles. The molecule has 2 aromatic rings. The Morgan fingerprint density at radius 1 is 1.35 bits per heavy atom. The fourth-order valence-electron chi connectivity index (χ4n) is 1.83. The van der Waals surface area contributed by atoms with E-state index in [0.717, 1.165) is 22.4 Å². The van der Waals surface area contributed by atoms with E-state index in [9.17, 15) is 0 Å². The second kappa shape index (κ2) is 6.29. The van der Waals surface area contributed by atoms with Crippen LogP contribution in [0.5, 0.6) is 0 Å². The molecule has 0 spiro atoms. The molecule has 20 heavy (non-hydrogen) atoms. The predicted molar refractivity (Wildman–Crippen MR) is 86.1 cm³/mol. The van der Waals surface area contributed by atoms with Crippen molar-refractivity contribution in [3.05, 3.63) is 47.3 Å². The van der Waals surface area contributed by atoms with E-state index < -0.39 is 0 Å². The average Bonchev–Trinajstić information content (AvgIpc) is 2.80. The fraction of sp³-hybridized carbons (Fsp3) is 0.214.